The van der Waals surface area contributed by atoms with E-state index in [1.165, 1.54) is 4.88 Å². The molecule has 5 heteroatoms. The van der Waals surface area contributed by atoms with Gasteiger partial charge in [0, 0.05) is 0 Å². The summed E-state index contributed by atoms with van der Waals surface area (Å²) in [6.45, 7) is 2.42. The van der Waals surface area contributed by atoms with E-state index in [4.69, 9.17) is 9.47 Å². The molecule has 2 heterocycles. The van der Waals surface area contributed by atoms with Crippen molar-refractivity contribution in [1.29, 1.82) is 0 Å². The second-order valence-electron chi connectivity index (χ2n) is 4.06. The van der Waals surface area contributed by atoms with Gasteiger partial charge in [-0.25, -0.2) is 0 Å². The number of hydrogen-bond donors (Lipinski definition) is 0. The maximum atomic E-state index is 5.67. The maximum Gasteiger partial charge on any atom is 0.186 e. The Morgan fingerprint density at radius 1 is 1.25 bits per heavy atom. The Morgan fingerprint density at radius 3 is 2.62 bits per heavy atom. The highest BCUT2D eigenvalue weighted by molar-refractivity contribution is 9.11. The molecule has 1 aliphatic heterocycles. The van der Waals surface area contributed by atoms with Gasteiger partial charge in [0.1, 0.15) is 17.0 Å². The van der Waals surface area contributed by atoms with Crippen LogP contribution >= 0.6 is 27.3 Å². The van der Waals surface area contributed by atoms with Crippen LogP contribution in [-0.2, 0) is 6.42 Å². The van der Waals surface area contributed by atoms with Crippen LogP contribution < -0.4 is 9.47 Å². The minimum atomic E-state index is 0.652. The van der Waals surface area contributed by atoms with E-state index in [2.05, 4.69) is 34.9 Å². The fourth-order valence-corrected chi connectivity index (χ4v) is 3.53. The van der Waals surface area contributed by atoms with Crippen LogP contribution in [0.15, 0.2) is 3.79 Å². The van der Waals surface area contributed by atoms with Crippen molar-refractivity contribution in [3.05, 3.63) is 8.66 Å². The molecular weight excluding hydrogens is 290 g/mol. The third-order valence-corrected chi connectivity index (χ3v) is 4.28. The summed E-state index contributed by atoms with van der Waals surface area (Å²) in [5.41, 5.74) is 0. The van der Waals surface area contributed by atoms with E-state index in [0.29, 0.717) is 13.2 Å². The van der Waals surface area contributed by atoms with Crippen molar-refractivity contribution < 1.29 is 9.47 Å². The molecule has 3 nitrogen and oxygen atoms in total. The summed E-state index contributed by atoms with van der Waals surface area (Å²) in [5.74, 6) is 1.86. The van der Waals surface area contributed by atoms with E-state index < -0.39 is 0 Å². The average Bonchev–Trinajstić information content (AvgIpc) is 2.57. The number of halogens is 1. The molecule has 0 unspecified atom stereocenters. The topological polar surface area (TPSA) is 21.7 Å². The lowest BCUT2D eigenvalue weighted by atomic mass is 10.2. The molecule has 0 fully saturated rings. The van der Waals surface area contributed by atoms with Gasteiger partial charge in [-0.2, -0.15) is 0 Å². The van der Waals surface area contributed by atoms with Crippen LogP contribution in [-0.4, -0.2) is 38.8 Å². The van der Waals surface area contributed by atoms with Crippen molar-refractivity contribution in [1.82, 2.24) is 4.90 Å². The molecule has 0 spiro atoms. The second-order valence-corrected chi connectivity index (χ2v) is 6.48. The minimum absolute atomic E-state index is 0.652. The van der Waals surface area contributed by atoms with Crippen LogP contribution in [0.2, 0.25) is 0 Å². The van der Waals surface area contributed by atoms with Crippen molar-refractivity contribution in [3.63, 3.8) is 0 Å². The first-order valence-corrected chi connectivity index (χ1v) is 7.01. The maximum absolute atomic E-state index is 5.67. The molecule has 1 aromatic heterocycles. The molecular formula is C11H16BrNO2S. The highest BCUT2D eigenvalue weighted by Gasteiger charge is 2.22. The number of rotatable bonds is 4. The number of nitrogens with zero attached hydrogens (tertiary/aromatic N) is 1. The standard InChI is InChI=1S/C11H16BrNO2S/c1-13(2)5-3-4-8-9-10(11(12)16-8)15-7-6-14-9/h3-7H2,1-2H3. The Balaban J connectivity index is 2.04. The summed E-state index contributed by atoms with van der Waals surface area (Å²) in [6.07, 6.45) is 2.20. The van der Waals surface area contributed by atoms with Crippen molar-refractivity contribution in [2.45, 2.75) is 12.8 Å². The highest BCUT2D eigenvalue weighted by atomic mass is 79.9. The first kappa shape index (κ1) is 12.2. The lowest BCUT2D eigenvalue weighted by Gasteiger charge is -2.16. The average molecular weight is 306 g/mol. The van der Waals surface area contributed by atoms with Crippen LogP contribution in [0.1, 0.15) is 11.3 Å². The summed E-state index contributed by atoms with van der Waals surface area (Å²) < 4.78 is 12.3. The van der Waals surface area contributed by atoms with Gasteiger partial charge in [-0.3, -0.25) is 0 Å². The largest absolute Gasteiger partial charge is 0.485 e. The van der Waals surface area contributed by atoms with Crippen molar-refractivity contribution in [2.24, 2.45) is 0 Å². The molecule has 0 saturated carbocycles. The molecule has 0 N–H and O–H groups in total. The Hall–Kier alpha value is -0.260. The Morgan fingerprint density at radius 2 is 1.94 bits per heavy atom. The van der Waals surface area contributed by atoms with Crippen LogP contribution in [0.4, 0.5) is 0 Å². The highest BCUT2D eigenvalue weighted by Crippen LogP contribution is 2.47. The fraction of sp³-hybridized carbons (Fsp3) is 0.636. The molecule has 16 heavy (non-hydrogen) atoms. The van der Waals surface area contributed by atoms with E-state index in [0.717, 1.165) is 34.7 Å². The smallest absolute Gasteiger partial charge is 0.186 e. The fourth-order valence-electron chi connectivity index (χ4n) is 1.69. The first-order valence-electron chi connectivity index (χ1n) is 5.40. The molecule has 1 aromatic rings. The molecule has 90 valence electrons. The van der Waals surface area contributed by atoms with Crippen molar-refractivity contribution >= 4 is 27.3 Å². The van der Waals surface area contributed by atoms with Gasteiger partial charge < -0.3 is 14.4 Å². The Bertz CT molecular complexity index is 365. The Kier molecular flexibility index (Phi) is 4.10. The van der Waals surface area contributed by atoms with Crippen molar-refractivity contribution in [3.8, 4) is 11.5 Å². The summed E-state index contributed by atoms with van der Waals surface area (Å²) in [7, 11) is 4.19. The third-order valence-electron chi connectivity index (χ3n) is 2.44. The lowest BCUT2D eigenvalue weighted by Crippen LogP contribution is -2.16. The summed E-state index contributed by atoms with van der Waals surface area (Å²) in [6, 6.07) is 0. The van der Waals surface area contributed by atoms with Gasteiger partial charge in [-0.15, -0.1) is 11.3 Å². The number of thiophene rings is 1. The minimum Gasteiger partial charge on any atom is -0.485 e. The van der Waals surface area contributed by atoms with Crippen LogP contribution in [0.3, 0.4) is 0 Å². The lowest BCUT2D eigenvalue weighted by molar-refractivity contribution is 0.171. The van der Waals surface area contributed by atoms with Gasteiger partial charge in [0.15, 0.2) is 11.5 Å². The molecule has 2 rings (SSSR count). The molecule has 0 saturated heterocycles. The predicted octanol–water partition coefficient (Wildman–Crippen LogP) is 2.78. The molecule has 1 aliphatic rings. The van der Waals surface area contributed by atoms with E-state index in [9.17, 15) is 0 Å². The van der Waals surface area contributed by atoms with Crippen molar-refractivity contribution in [2.75, 3.05) is 33.9 Å². The number of ether oxygens (including phenoxy) is 2. The summed E-state index contributed by atoms with van der Waals surface area (Å²) in [4.78, 5) is 3.50. The zero-order valence-corrected chi connectivity index (χ0v) is 12.0. The molecule has 0 atom stereocenters. The zero-order valence-electron chi connectivity index (χ0n) is 9.59. The number of fused-ring (bicyclic) bond motifs is 1. The van der Waals surface area contributed by atoms with Gasteiger partial charge >= 0.3 is 0 Å². The van der Waals surface area contributed by atoms with Gasteiger partial charge in [0.2, 0.25) is 0 Å². The molecule has 0 radical (unpaired) electrons. The summed E-state index contributed by atoms with van der Waals surface area (Å²) in [5, 5.41) is 0. The molecule has 0 amide bonds. The van der Waals surface area contributed by atoms with Gasteiger partial charge in [0.25, 0.3) is 0 Å². The first-order chi connectivity index (χ1) is 7.68. The van der Waals surface area contributed by atoms with Crippen LogP contribution in [0.25, 0.3) is 0 Å². The summed E-state index contributed by atoms with van der Waals surface area (Å²) >= 11 is 5.26. The van der Waals surface area contributed by atoms with E-state index >= 15 is 0 Å². The Labute approximate surface area is 108 Å². The van der Waals surface area contributed by atoms with Crippen LogP contribution in [0.5, 0.6) is 11.5 Å². The zero-order chi connectivity index (χ0) is 11.5. The molecule has 0 aliphatic carbocycles. The number of hydrogen-bond acceptors (Lipinski definition) is 4. The second kappa shape index (κ2) is 5.38. The van der Waals surface area contributed by atoms with Gasteiger partial charge in [-0.1, -0.05) is 0 Å². The SMILES string of the molecule is CN(C)CCCc1sc(Br)c2c1OCCO2. The monoisotopic (exact) mass is 305 g/mol. The normalized spacial score (nSPS) is 14.5. The van der Waals surface area contributed by atoms with E-state index in [1.807, 2.05) is 0 Å². The quantitative estimate of drug-likeness (QED) is 0.854. The van der Waals surface area contributed by atoms with Crippen LogP contribution in [0, 0.1) is 0 Å². The van der Waals surface area contributed by atoms with Gasteiger partial charge in [0.05, 0.1) is 4.88 Å². The molecule has 0 bridgehead atoms. The number of aryl methyl sites for hydroxylation is 1. The van der Waals surface area contributed by atoms with E-state index in [-0.39, 0.29) is 0 Å². The predicted molar refractivity (Wildman–Crippen MR) is 69.9 cm³/mol. The van der Waals surface area contributed by atoms with E-state index in [1.54, 1.807) is 11.3 Å². The molecule has 0 aromatic carbocycles. The van der Waals surface area contributed by atoms with Gasteiger partial charge in [-0.05, 0) is 49.4 Å². The third kappa shape index (κ3) is 2.70.